The Bertz CT molecular complexity index is 503. The van der Waals surface area contributed by atoms with Crippen molar-refractivity contribution in [1.29, 1.82) is 0 Å². The summed E-state index contributed by atoms with van der Waals surface area (Å²) >= 11 is 0. The van der Waals surface area contributed by atoms with Gasteiger partial charge in [0.05, 0.1) is 13.2 Å². The lowest BCUT2D eigenvalue weighted by Gasteiger charge is -2.07. The van der Waals surface area contributed by atoms with Crippen LogP contribution in [0.2, 0.25) is 0 Å². The van der Waals surface area contributed by atoms with Crippen molar-refractivity contribution in [2.24, 2.45) is 0 Å². The molecule has 0 aromatic carbocycles. The van der Waals surface area contributed by atoms with Crippen LogP contribution in [0.4, 0.5) is 0 Å². The second-order valence-electron chi connectivity index (χ2n) is 6.63. The molecule has 0 radical (unpaired) electrons. The molecule has 0 heterocycles. The third kappa shape index (κ3) is 13.4. The summed E-state index contributed by atoms with van der Waals surface area (Å²) < 4.78 is 5.17. The first-order valence-corrected chi connectivity index (χ1v) is 9.32. The zero-order valence-electron chi connectivity index (χ0n) is 16.7. The van der Waals surface area contributed by atoms with Crippen molar-refractivity contribution >= 4 is 5.97 Å². The number of hydrogen-bond donors (Lipinski definition) is 1. The second-order valence-corrected chi connectivity index (χ2v) is 6.63. The number of ether oxygens (including phenoxy) is 1. The minimum absolute atomic E-state index is 0.0666. The van der Waals surface area contributed by atoms with Crippen molar-refractivity contribution in [2.45, 2.75) is 73.1 Å². The molecule has 0 saturated carbocycles. The maximum absolute atomic E-state index is 12.1. The first-order chi connectivity index (χ1) is 11.9. The van der Waals surface area contributed by atoms with Crippen molar-refractivity contribution in [2.75, 3.05) is 13.2 Å². The molecule has 25 heavy (non-hydrogen) atoms. The largest absolute Gasteiger partial charge is 0.463 e. The van der Waals surface area contributed by atoms with Gasteiger partial charge in [0.25, 0.3) is 0 Å². The highest BCUT2D eigenvalue weighted by atomic mass is 16.5. The van der Waals surface area contributed by atoms with Gasteiger partial charge in [0.15, 0.2) is 0 Å². The van der Waals surface area contributed by atoms with Gasteiger partial charge >= 0.3 is 5.97 Å². The second kappa shape index (κ2) is 14.7. The number of esters is 1. The van der Waals surface area contributed by atoms with E-state index in [1.807, 2.05) is 19.9 Å². The van der Waals surface area contributed by atoms with Crippen LogP contribution in [-0.4, -0.2) is 24.3 Å². The van der Waals surface area contributed by atoms with Gasteiger partial charge in [-0.05, 0) is 73.1 Å². The van der Waals surface area contributed by atoms with Crippen molar-refractivity contribution < 1.29 is 14.6 Å². The Morgan fingerprint density at radius 3 is 1.96 bits per heavy atom. The third-order valence-corrected chi connectivity index (χ3v) is 3.90. The molecule has 142 valence electrons. The summed E-state index contributed by atoms with van der Waals surface area (Å²) in [5.41, 5.74) is 4.61. The number of aliphatic hydroxyl groups is 1. The van der Waals surface area contributed by atoms with Crippen LogP contribution in [0, 0.1) is 0 Å². The highest BCUT2D eigenvalue weighted by Crippen LogP contribution is 2.15. The van der Waals surface area contributed by atoms with Crippen LogP contribution in [0.3, 0.4) is 0 Å². The van der Waals surface area contributed by atoms with Crippen LogP contribution in [0.15, 0.2) is 46.6 Å². The average Bonchev–Trinajstić information content (AvgIpc) is 2.53. The number of rotatable bonds is 12. The maximum Gasteiger partial charge on any atom is 0.333 e. The predicted molar refractivity (Wildman–Crippen MR) is 106 cm³/mol. The first kappa shape index (κ1) is 23.4. The van der Waals surface area contributed by atoms with Gasteiger partial charge in [0.2, 0.25) is 0 Å². The molecule has 0 aromatic rings. The highest BCUT2D eigenvalue weighted by molar-refractivity contribution is 5.88. The number of hydrogen-bond acceptors (Lipinski definition) is 3. The van der Waals surface area contributed by atoms with E-state index in [2.05, 4.69) is 32.9 Å². The molecule has 0 bridgehead atoms. The zero-order chi connectivity index (χ0) is 19.1. The summed E-state index contributed by atoms with van der Waals surface area (Å²) in [5.74, 6) is -0.207. The molecule has 0 saturated heterocycles. The lowest BCUT2D eigenvalue weighted by Crippen LogP contribution is -2.07. The van der Waals surface area contributed by atoms with E-state index in [1.165, 1.54) is 11.1 Å². The minimum Gasteiger partial charge on any atom is -0.463 e. The fourth-order valence-electron chi connectivity index (χ4n) is 2.41. The fraction of sp³-hybridized carbons (Fsp3) is 0.591. The maximum atomic E-state index is 12.1. The van der Waals surface area contributed by atoms with Crippen molar-refractivity contribution in [3.63, 3.8) is 0 Å². The van der Waals surface area contributed by atoms with Gasteiger partial charge in [-0.3, -0.25) is 0 Å². The molecule has 3 heteroatoms. The molecule has 0 aliphatic rings. The van der Waals surface area contributed by atoms with E-state index in [9.17, 15) is 4.79 Å². The van der Waals surface area contributed by atoms with E-state index in [0.717, 1.165) is 43.3 Å². The molecule has 0 aliphatic carbocycles. The summed E-state index contributed by atoms with van der Waals surface area (Å²) in [4.78, 5) is 12.1. The third-order valence-electron chi connectivity index (χ3n) is 3.90. The lowest BCUT2D eigenvalue weighted by atomic mass is 10.0. The fourth-order valence-corrected chi connectivity index (χ4v) is 2.41. The topological polar surface area (TPSA) is 46.5 Å². The molecular formula is C22H36O3. The van der Waals surface area contributed by atoms with E-state index in [1.54, 1.807) is 6.08 Å². The van der Waals surface area contributed by atoms with Gasteiger partial charge in [0.1, 0.15) is 0 Å². The molecule has 0 spiro atoms. The van der Waals surface area contributed by atoms with E-state index < -0.39 is 0 Å². The Labute approximate surface area is 154 Å². The molecule has 0 aliphatic heterocycles. The smallest absolute Gasteiger partial charge is 0.333 e. The predicted octanol–water partition coefficient (Wildman–Crippen LogP) is 5.67. The molecule has 0 aromatic heterocycles. The van der Waals surface area contributed by atoms with Crippen LogP contribution in [-0.2, 0) is 9.53 Å². The SMILES string of the molecule is CCOC(=O)/C(=C\CC/C(C)=C/CO)CC/C=C(\C)CCC=C(C)C. The van der Waals surface area contributed by atoms with Gasteiger partial charge in [0, 0.05) is 5.57 Å². The summed E-state index contributed by atoms with van der Waals surface area (Å²) in [6.07, 6.45) is 13.6. The number of carbonyl (C=O) groups is 1. The van der Waals surface area contributed by atoms with Crippen LogP contribution in [0.5, 0.6) is 0 Å². The number of carbonyl (C=O) groups excluding carboxylic acids is 1. The molecule has 1 N–H and O–H groups in total. The standard InChI is InChI=1S/C22H36O3/c1-6-25-22(24)21(15-9-13-20(5)16-17-23)14-8-12-19(4)11-7-10-18(2)3/h10,12,15-16,23H,6-9,11,13-14,17H2,1-5H3/b19-12+,20-16+,21-15-. The molecule has 0 atom stereocenters. The summed E-state index contributed by atoms with van der Waals surface area (Å²) in [6, 6.07) is 0. The monoisotopic (exact) mass is 348 g/mol. The van der Waals surface area contributed by atoms with Gasteiger partial charge in [-0.15, -0.1) is 0 Å². The molecule has 0 rings (SSSR count). The van der Waals surface area contributed by atoms with E-state index in [0.29, 0.717) is 13.0 Å². The zero-order valence-corrected chi connectivity index (χ0v) is 16.7. The molecule has 0 unspecified atom stereocenters. The van der Waals surface area contributed by atoms with E-state index in [4.69, 9.17) is 9.84 Å². The Morgan fingerprint density at radius 2 is 1.40 bits per heavy atom. The van der Waals surface area contributed by atoms with E-state index >= 15 is 0 Å². The van der Waals surface area contributed by atoms with Crippen LogP contribution in [0.25, 0.3) is 0 Å². The van der Waals surface area contributed by atoms with Crippen LogP contribution in [0.1, 0.15) is 73.1 Å². The summed E-state index contributed by atoms with van der Waals surface area (Å²) in [5, 5.41) is 8.89. The average molecular weight is 349 g/mol. The summed E-state index contributed by atoms with van der Waals surface area (Å²) in [6.45, 7) is 10.7. The number of aliphatic hydroxyl groups excluding tert-OH is 1. The Morgan fingerprint density at radius 1 is 0.840 bits per heavy atom. The van der Waals surface area contributed by atoms with Gasteiger partial charge in [-0.1, -0.05) is 41.0 Å². The normalized spacial score (nSPS) is 13.0. The molecule has 0 fully saturated rings. The quantitative estimate of drug-likeness (QED) is 0.281. The van der Waals surface area contributed by atoms with Crippen molar-refractivity contribution in [1.82, 2.24) is 0 Å². The molecule has 3 nitrogen and oxygen atoms in total. The summed E-state index contributed by atoms with van der Waals surface area (Å²) in [7, 11) is 0. The molecule has 0 amide bonds. The lowest BCUT2D eigenvalue weighted by molar-refractivity contribution is -0.138. The minimum atomic E-state index is -0.207. The highest BCUT2D eigenvalue weighted by Gasteiger charge is 2.09. The van der Waals surface area contributed by atoms with E-state index in [-0.39, 0.29) is 12.6 Å². The van der Waals surface area contributed by atoms with Crippen molar-refractivity contribution in [3.05, 3.63) is 46.6 Å². The Kier molecular flexibility index (Phi) is 13.8. The van der Waals surface area contributed by atoms with Crippen LogP contribution >= 0.6 is 0 Å². The first-order valence-electron chi connectivity index (χ1n) is 9.32. The Balaban J connectivity index is 4.60. The van der Waals surface area contributed by atoms with Gasteiger partial charge in [-0.25, -0.2) is 4.79 Å². The molecular weight excluding hydrogens is 312 g/mol. The Hall–Kier alpha value is -1.61. The van der Waals surface area contributed by atoms with Gasteiger partial charge < -0.3 is 9.84 Å². The number of allylic oxidation sites excluding steroid dienone is 6. The van der Waals surface area contributed by atoms with Gasteiger partial charge in [-0.2, -0.15) is 0 Å². The van der Waals surface area contributed by atoms with Crippen LogP contribution < -0.4 is 0 Å². The van der Waals surface area contributed by atoms with Crippen molar-refractivity contribution in [3.8, 4) is 0 Å².